The molecule has 45 heavy (non-hydrogen) atoms. The molecular formula is C35H41ClN6O3. The van der Waals surface area contributed by atoms with Gasteiger partial charge in [-0.1, -0.05) is 49.4 Å². The number of aromatic nitrogens is 4. The van der Waals surface area contributed by atoms with Crippen LogP contribution < -0.4 is 15.8 Å². The molecule has 1 aliphatic rings. The Bertz CT molecular complexity index is 1730. The smallest absolute Gasteiger partial charge is 0.323 e. The predicted molar refractivity (Wildman–Crippen MR) is 177 cm³/mol. The van der Waals surface area contributed by atoms with Crippen LogP contribution in [0.15, 0.2) is 36.7 Å². The second kappa shape index (κ2) is 14.3. The van der Waals surface area contributed by atoms with Crippen LogP contribution in [0, 0.1) is 31.6 Å². The third kappa shape index (κ3) is 7.75. The Morgan fingerprint density at radius 3 is 2.58 bits per heavy atom. The second-order valence-corrected chi connectivity index (χ2v) is 12.5. The summed E-state index contributed by atoms with van der Waals surface area (Å²) in [5.74, 6) is 7.63. The number of nitrogens with zero attached hydrogens (tertiary/aromatic N) is 4. The highest BCUT2D eigenvalue weighted by molar-refractivity contribution is 6.34. The van der Waals surface area contributed by atoms with Gasteiger partial charge in [-0.25, -0.2) is 4.98 Å². The van der Waals surface area contributed by atoms with Crippen molar-refractivity contribution in [1.82, 2.24) is 24.8 Å². The number of halogens is 1. The number of carbonyl (C=O) groups is 1. The Hall–Kier alpha value is -4.13. The normalized spacial score (nSPS) is 14.0. The van der Waals surface area contributed by atoms with Crippen LogP contribution in [0.4, 0.5) is 5.95 Å². The molecule has 1 saturated carbocycles. The second-order valence-electron chi connectivity index (χ2n) is 12.1. The zero-order valence-corrected chi connectivity index (χ0v) is 27.4. The van der Waals surface area contributed by atoms with Crippen LogP contribution in [-0.4, -0.2) is 44.7 Å². The number of rotatable bonds is 10. The van der Waals surface area contributed by atoms with Crippen LogP contribution in [0.5, 0.6) is 5.75 Å². The van der Waals surface area contributed by atoms with E-state index in [9.17, 15) is 4.79 Å². The van der Waals surface area contributed by atoms with Crippen LogP contribution in [-0.2, 0) is 22.6 Å². The van der Waals surface area contributed by atoms with Gasteiger partial charge in [0.15, 0.2) is 0 Å². The summed E-state index contributed by atoms with van der Waals surface area (Å²) in [6, 6.07) is 7.65. The van der Waals surface area contributed by atoms with Crippen LogP contribution in [0.25, 0.3) is 11.0 Å². The minimum Gasteiger partial charge on any atom is -0.496 e. The van der Waals surface area contributed by atoms with E-state index in [4.69, 9.17) is 26.8 Å². The van der Waals surface area contributed by atoms with E-state index in [2.05, 4.69) is 46.0 Å². The van der Waals surface area contributed by atoms with Gasteiger partial charge in [0.25, 0.3) is 0 Å². The summed E-state index contributed by atoms with van der Waals surface area (Å²) in [7, 11) is 1.66. The molecule has 236 valence electrons. The molecule has 0 aliphatic heterocycles. The molecule has 0 spiro atoms. The molecule has 5 rings (SSSR count). The van der Waals surface area contributed by atoms with Crippen molar-refractivity contribution in [2.24, 2.45) is 5.92 Å². The van der Waals surface area contributed by atoms with Gasteiger partial charge in [-0.05, 0) is 69.6 Å². The Labute approximate surface area is 269 Å². The van der Waals surface area contributed by atoms with Crippen molar-refractivity contribution >= 4 is 34.6 Å². The molecule has 3 heterocycles. The van der Waals surface area contributed by atoms with E-state index in [0.717, 1.165) is 65.8 Å². The Morgan fingerprint density at radius 2 is 1.89 bits per heavy atom. The molecule has 4 aromatic rings. The number of hydrogen-bond acceptors (Lipinski definition) is 8. The number of fused-ring (bicyclic) bond motifs is 1. The summed E-state index contributed by atoms with van der Waals surface area (Å²) >= 11 is 6.56. The SMILES string of the molecule is COc1c(C)cnc(Cn2cc(C#Cc3ccc(CNC(CC(C)C)C(=O)OC4CCCC4)cc3)c3c(Cl)nc(N)nc32)c1C. The highest BCUT2D eigenvalue weighted by Crippen LogP contribution is 2.29. The van der Waals surface area contributed by atoms with Crippen LogP contribution in [0.2, 0.25) is 5.15 Å². The van der Waals surface area contributed by atoms with E-state index < -0.39 is 0 Å². The zero-order valence-electron chi connectivity index (χ0n) is 26.6. The first-order valence-electron chi connectivity index (χ1n) is 15.5. The fourth-order valence-corrected chi connectivity index (χ4v) is 6.11. The molecular weight excluding hydrogens is 588 g/mol. The van der Waals surface area contributed by atoms with Gasteiger partial charge in [0.2, 0.25) is 5.95 Å². The minimum atomic E-state index is -0.330. The van der Waals surface area contributed by atoms with Gasteiger partial charge in [-0.2, -0.15) is 4.98 Å². The molecule has 10 heteroatoms. The number of anilines is 1. The van der Waals surface area contributed by atoms with Crippen molar-refractivity contribution in [3.05, 3.63) is 75.3 Å². The summed E-state index contributed by atoms with van der Waals surface area (Å²) in [6.07, 6.45) is 8.70. The molecule has 0 saturated heterocycles. The Balaban J connectivity index is 1.33. The van der Waals surface area contributed by atoms with Crippen molar-refractivity contribution in [2.45, 2.75) is 85.0 Å². The van der Waals surface area contributed by atoms with Crippen molar-refractivity contribution in [3.8, 4) is 17.6 Å². The van der Waals surface area contributed by atoms with Gasteiger partial charge in [-0.15, -0.1) is 0 Å². The molecule has 0 bridgehead atoms. The lowest BCUT2D eigenvalue weighted by molar-refractivity contribution is -0.151. The van der Waals surface area contributed by atoms with E-state index in [0.29, 0.717) is 35.6 Å². The molecule has 1 aliphatic carbocycles. The highest BCUT2D eigenvalue weighted by Gasteiger charge is 2.26. The monoisotopic (exact) mass is 628 g/mol. The number of nitrogens with one attached hydrogen (secondary N) is 1. The minimum absolute atomic E-state index is 0.0616. The summed E-state index contributed by atoms with van der Waals surface area (Å²) in [4.78, 5) is 26.2. The fourth-order valence-electron chi connectivity index (χ4n) is 5.84. The topological polar surface area (TPSA) is 117 Å². The van der Waals surface area contributed by atoms with Gasteiger partial charge >= 0.3 is 5.97 Å². The fraction of sp³-hybridized carbons (Fsp3) is 0.429. The van der Waals surface area contributed by atoms with E-state index in [1.807, 2.05) is 48.9 Å². The lowest BCUT2D eigenvalue weighted by atomic mass is 10.0. The Morgan fingerprint density at radius 1 is 1.16 bits per heavy atom. The van der Waals surface area contributed by atoms with Crippen LogP contribution >= 0.6 is 11.6 Å². The zero-order chi connectivity index (χ0) is 32.1. The van der Waals surface area contributed by atoms with Gasteiger partial charge in [0, 0.05) is 35.6 Å². The summed E-state index contributed by atoms with van der Waals surface area (Å²) in [5.41, 5.74) is 11.9. The summed E-state index contributed by atoms with van der Waals surface area (Å²) in [6.45, 7) is 9.19. The third-order valence-corrected chi connectivity index (χ3v) is 8.46. The van der Waals surface area contributed by atoms with Gasteiger partial charge in [0.05, 0.1) is 30.3 Å². The maximum Gasteiger partial charge on any atom is 0.323 e. The summed E-state index contributed by atoms with van der Waals surface area (Å²) in [5, 5.41) is 4.30. The molecule has 1 unspecified atom stereocenters. The largest absolute Gasteiger partial charge is 0.496 e. The van der Waals surface area contributed by atoms with Crippen molar-refractivity contribution < 1.29 is 14.3 Å². The van der Waals surface area contributed by atoms with E-state index >= 15 is 0 Å². The maximum atomic E-state index is 12.9. The number of ether oxygens (including phenoxy) is 2. The number of pyridine rings is 1. The number of aryl methyl sites for hydroxylation is 1. The van der Waals surface area contributed by atoms with Gasteiger partial charge in [-0.3, -0.25) is 9.78 Å². The molecule has 0 radical (unpaired) electrons. The molecule has 3 N–H and O–H groups in total. The first kappa shape index (κ1) is 32.3. The lowest BCUT2D eigenvalue weighted by Gasteiger charge is -2.21. The number of benzene rings is 1. The molecule has 9 nitrogen and oxygen atoms in total. The third-order valence-electron chi connectivity index (χ3n) is 8.18. The predicted octanol–water partition coefficient (Wildman–Crippen LogP) is 6.13. The van der Waals surface area contributed by atoms with E-state index in [-0.39, 0.29) is 29.2 Å². The van der Waals surface area contributed by atoms with Crippen LogP contribution in [0.1, 0.15) is 79.5 Å². The van der Waals surface area contributed by atoms with Crippen molar-refractivity contribution in [1.29, 1.82) is 0 Å². The Kier molecular flexibility index (Phi) is 10.3. The number of carbonyl (C=O) groups excluding carboxylic acids is 1. The first-order chi connectivity index (χ1) is 21.6. The molecule has 1 aromatic carbocycles. The molecule has 3 aromatic heterocycles. The number of nitrogens with two attached hydrogens (primary N) is 1. The standard InChI is InChI=1S/C35H41ClN6O3/c1-21(2)16-28(34(43)45-27-8-6-7-9-27)39-18-25-12-10-24(11-13-25)14-15-26-19-42(33-30(26)32(36)40-35(37)41-33)20-29-23(4)31(44-5)22(3)17-38-29/h10-13,17,19,21,27-28,39H,6-9,16,18,20H2,1-5H3,(H2,37,40,41). The van der Waals surface area contributed by atoms with Crippen LogP contribution in [0.3, 0.4) is 0 Å². The van der Waals surface area contributed by atoms with Crippen molar-refractivity contribution in [2.75, 3.05) is 12.8 Å². The highest BCUT2D eigenvalue weighted by atomic mass is 35.5. The van der Waals surface area contributed by atoms with Gasteiger partial charge < -0.3 is 25.1 Å². The molecule has 1 fully saturated rings. The van der Waals surface area contributed by atoms with E-state index in [1.54, 1.807) is 13.3 Å². The molecule has 0 amide bonds. The van der Waals surface area contributed by atoms with Crippen molar-refractivity contribution in [3.63, 3.8) is 0 Å². The van der Waals surface area contributed by atoms with E-state index in [1.165, 1.54) is 0 Å². The number of hydrogen-bond donors (Lipinski definition) is 2. The summed E-state index contributed by atoms with van der Waals surface area (Å²) < 4.78 is 13.3. The number of methoxy groups -OCH3 is 1. The quantitative estimate of drug-likeness (QED) is 0.122. The molecule has 1 atom stereocenters. The first-order valence-corrected chi connectivity index (χ1v) is 15.9. The average molecular weight is 629 g/mol. The van der Waals surface area contributed by atoms with Gasteiger partial charge in [0.1, 0.15) is 28.7 Å². The number of nitrogen functional groups attached to an aromatic ring is 1. The lowest BCUT2D eigenvalue weighted by Crippen LogP contribution is -2.40. The number of esters is 1. The average Bonchev–Trinajstić information content (AvgIpc) is 3.64. The maximum absolute atomic E-state index is 12.9.